The van der Waals surface area contributed by atoms with Gasteiger partial charge in [-0.25, -0.2) is 14.2 Å². The molecule has 0 aliphatic heterocycles. The first-order valence-electron chi connectivity index (χ1n) is 9.11. The average Bonchev–Trinajstić information content (AvgIpc) is 3.12. The molecular weight excluding hydrogens is 452 g/mol. The van der Waals surface area contributed by atoms with Gasteiger partial charge in [0, 0.05) is 5.69 Å². The summed E-state index contributed by atoms with van der Waals surface area (Å²) in [5.41, 5.74) is -0.323. The third-order valence-corrected chi connectivity index (χ3v) is 5.14. The summed E-state index contributed by atoms with van der Waals surface area (Å²) in [5.74, 6) is -1.44. The van der Waals surface area contributed by atoms with E-state index >= 15 is 0 Å². The summed E-state index contributed by atoms with van der Waals surface area (Å²) in [5, 5.41) is 2.83. The zero-order valence-electron chi connectivity index (χ0n) is 16.5. The topological polar surface area (TPSA) is 77.5 Å². The van der Waals surface area contributed by atoms with Crippen molar-refractivity contribution in [3.05, 3.63) is 75.5 Å². The lowest BCUT2D eigenvalue weighted by molar-refractivity contribution is -0.137. The van der Waals surface area contributed by atoms with Gasteiger partial charge in [0.15, 0.2) is 6.61 Å². The second-order valence-corrected chi connectivity index (χ2v) is 7.55. The number of hydrogen-bond acceptors (Lipinski definition) is 6. The molecule has 0 aliphatic carbocycles. The molecule has 6 nitrogen and oxygen atoms in total. The van der Waals surface area contributed by atoms with Crippen LogP contribution >= 0.6 is 11.3 Å². The predicted molar refractivity (Wildman–Crippen MR) is 108 cm³/mol. The number of alkyl halides is 3. The maximum absolute atomic E-state index is 12.9. The molecule has 0 spiro atoms. The van der Waals surface area contributed by atoms with Crippen molar-refractivity contribution in [2.45, 2.75) is 19.7 Å². The van der Waals surface area contributed by atoms with Crippen LogP contribution < -0.4 is 10.1 Å². The Morgan fingerprint density at radius 2 is 1.72 bits per heavy atom. The van der Waals surface area contributed by atoms with Crippen LogP contribution in [0.15, 0.2) is 48.5 Å². The van der Waals surface area contributed by atoms with Crippen LogP contribution in [-0.4, -0.2) is 23.5 Å². The number of aromatic nitrogens is 1. The average molecular weight is 468 g/mol. The van der Waals surface area contributed by atoms with Gasteiger partial charge in [0.2, 0.25) is 0 Å². The van der Waals surface area contributed by atoms with Crippen LogP contribution in [-0.2, 0) is 22.3 Å². The highest BCUT2D eigenvalue weighted by molar-refractivity contribution is 7.13. The molecule has 11 heteroatoms. The van der Waals surface area contributed by atoms with E-state index in [9.17, 15) is 27.2 Å². The van der Waals surface area contributed by atoms with Crippen LogP contribution in [0.4, 0.5) is 23.2 Å². The summed E-state index contributed by atoms with van der Waals surface area (Å²) in [7, 11) is 0. The number of anilines is 1. The van der Waals surface area contributed by atoms with E-state index in [0.717, 1.165) is 35.6 Å². The fourth-order valence-electron chi connectivity index (χ4n) is 2.52. The summed E-state index contributed by atoms with van der Waals surface area (Å²) in [4.78, 5) is 28.6. The van der Waals surface area contributed by atoms with Crippen LogP contribution in [0.2, 0.25) is 0 Å². The molecule has 3 rings (SSSR count). The highest BCUT2D eigenvalue weighted by Gasteiger charge is 2.30. The molecule has 0 aliphatic rings. The first-order valence-corrected chi connectivity index (χ1v) is 9.92. The quantitative estimate of drug-likeness (QED) is 0.391. The molecule has 168 valence electrons. The van der Waals surface area contributed by atoms with Crippen LogP contribution in [0, 0.1) is 12.7 Å². The number of carbonyl (C=O) groups is 2. The van der Waals surface area contributed by atoms with Gasteiger partial charge in [0.05, 0.1) is 11.3 Å². The predicted octanol–water partition coefficient (Wildman–Crippen LogP) is 4.98. The number of benzene rings is 2. The zero-order valence-corrected chi connectivity index (χ0v) is 17.3. The number of thiazole rings is 1. The molecular formula is C21H16F4N2O4S. The van der Waals surface area contributed by atoms with E-state index < -0.39 is 36.0 Å². The van der Waals surface area contributed by atoms with Crippen LogP contribution in [0.5, 0.6) is 5.75 Å². The normalized spacial score (nSPS) is 11.2. The summed E-state index contributed by atoms with van der Waals surface area (Å²) < 4.78 is 61.1. The van der Waals surface area contributed by atoms with Crippen molar-refractivity contribution in [2.75, 3.05) is 11.9 Å². The van der Waals surface area contributed by atoms with E-state index in [4.69, 9.17) is 9.47 Å². The van der Waals surface area contributed by atoms with Gasteiger partial charge in [0.1, 0.15) is 28.1 Å². The van der Waals surface area contributed by atoms with Crippen LogP contribution in [0.3, 0.4) is 0 Å². The van der Waals surface area contributed by atoms with Crippen molar-refractivity contribution in [3.63, 3.8) is 0 Å². The van der Waals surface area contributed by atoms with E-state index in [0.29, 0.717) is 16.5 Å². The largest absolute Gasteiger partial charge is 0.486 e. The molecule has 0 atom stereocenters. The summed E-state index contributed by atoms with van der Waals surface area (Å²) in [6.07, 6.45) is -4.48. The Morgan fingerprint density at radius 1 is 1.06 bits per heavy atom. The fourth-order valence-corrected chi connectivity index (χ4v) is 3.39. The lowest BCUT2D eigenvalue weighted by Crippen LogP contribution is -2.21. The van der Waals surface area contributed by atoms with Crippen molar-refractivity contribution >= 4 is 28.9 Å². The van der Waals surface area contributed by atoms with Crippen molar-refractivity contribution in [3.8, 4) is 5.75 Å². The Hall–Kier alpha value is -3.47. The maximum atomic E-state index is 12.9. The van der Waals surface area contributed by atoms with Gasteiger partial charge >= 0.3 is 12.1 Å². The number of aryl methyl sites for hydroxylation is 1. The minimum atomic E-state index is -4.48. The van der Waals surface area contributed by atoms with Crippen molar-refractivity contribution in [2.24, 2.45) is 0 Å². The summed E-state index contributed by atoms with van der Waals surface area (Å²) in [6, 6.07) is 9.28. The Balaban J connectivity index is 1.51. The summed E-state index contributed by atoms with van der Waals surface area (Å²) >= 11 is 1.03. The number of nitrogens with zero attached hydrogens (tertiary/aromatic N) is 1. The minimum absolute atomic E-state index is 0.0544. The third kappa shape index (κ3) is 6.27. The Morgan fingerprint density at radius 3 is 2.34 bits per heavy atom. The van der Waals surface area contributed by atoms with E-state index in [2.05, 4.69) is 10.3 Å². The Labute approximate surface area is 183 Å². The van der Waals surface area contributed by atoms with Gasteiger partial charge < -0.3 is 14.8 Å². The third-order valence-electron chi connectivity index (χ3n) is 4.03. The Kier molecular flexibility index (Phi) is 7.08. The van der Waals surface area contributed by atoms with Crippen molar-refractivity contribution < 1.29 is 36.6 Å². The zero-order chi connectivity index (χ0) is 23.3. The Bertz CT molecular complexity index is 1100. The van der Waals surface area contributed by atoms with E-state index in [1.165, 1.54) is 24.3 Å². The number of esters is 1. The van der Waals surface area contributed by atoms with Gasteiger partial charge in [-0.3, -0.25) is 4.79 Å². The van der Waals surface area contributed by atoms with Gasteiger partial charge in [-0.1, -0.05) is 0 Å². The van der Waals surface area contributed by atoms with Gasteiger partial charge in [-0.15, -0.1) is 11.3 Å². The number of halogens is 4. The molecule has 32 heavy (non-hydrogen) atoms. The molecule has 0 radical (unpaired) electrons. The first-order chi connectivity index (χ1) is 15.1. The van der Waals surface area contributed by atoms with Crippen LogP contribution in [0.25, 0.3) is 0 Å². The molecule has 0 saturated heterocycles. The van der Waals surface area contributed by atoms with E-state index in [1.54, 1.807) is 6.92 Å². The standard InChI is InChI=1S/C21H16F4N2O4S/c1-12-19(32-18(26-12)11-30-16-8-4-14(22)5-9-16)20(29)31-10-17(28)27-15-6-2-13(3-7-15)21(23,24)25/h2-9H,10-11H2,1H3,(H,27,28). The number of rotatable bonds is 7. The first kappa shape index (κ1) is 23.2. The monoisotopic (exact) mass is 468 g/mol. The molecule has 1 aromatic heterocycles. The molecule has 1 heterocycles. The molecule has 0 unspecified atom stereocenters. The second kappa shape index (κ2) is 9.77. The van der Waals surface area contributed by atoms with Crippen LogP contribution in [0.1, 0.15) is 25.9 Å². The van der Waals surface area contributed by atoms with Crippen molar-refractivity contribution in [1.29, 1.82) is 0 Å². The van der Waals surface area contributed by atoms with E-state index in [1.807, 2.05) is 0 Å². The minimum Gasteiger partial charge on any atom is -0.486 e. The van der Waals surface area contributed by atoms with Gasteiger partial charge in [-0.2, -0.15) is 13.2 Å². The highest BCUT2D eigenvalue weighted by Crippen LogP contribution is 2.29. The smallest absolute Gasteiger partial charge is 0.416 e. The number of ether oxygens (including phenoxy) is 2. The molecule has 0 bridgehead atoms. The highest BCUT2D eigenvalue weighted by atomic mass is 32.1. The van der Waals surface area contributed by atoms with Crippen molar-refractivity contribution in [1.82, 2.24) is 4.98 Å². The molecule has 1 N–H and O–H groups in total. The molecule has 0 saturated carbocycles. The number of carbonyl (C=O) groups excluding carboxylic acids is 2. The van der Waals surface area contributed by atoms with Gasteiger partial charge in [-0.05, 0) is 55.5 Å². The molecule has 1 amide bonds. The SMILES string of the molecule is Cc1nc(COc2ccc(F)cc2)sc1C(=O)OCC(=O)Nc1ccc(C(F)(F)F)cc1. The molecule has 3 aromatic rings. The van der Waals surface area contributed by atoms with Gasteiger partial charge in [0.25, 0.3) is 5.91 Å². The number of amides is 1. The number of hydrogen-bond donors (Lipinski definition) is 1. The number of nitrogens with one attached hydrogen (secondary N) is 1. The molecule has 0 fully saturated rings. The lowest BCUT2D eigenvalue weighted by Gasteiger charge is -2.09. The molecule has 2 aromatic carbocycles. The lowest BCUT2D eigenvalue weighted by atomic mass is 10.2. The second-order valence-electron chi connectivity index (χ2n) is 6.46. The van der Waals surface area contributed by atoms with E-state index in [-0.39, 0.29) is 17.2 Å². The maximum Gasteiger partial charge on any atom is 0.416 e. The summed E-state index contributed by atoms with van der Waals surface area (Å²) in [6.45, 7) is 1.02. The fraction of sp³-hybridized carbons (Fsp3) is 0.190.